The van der Waals surface area contributed by atoms with Crippen LogP contribution in [0.3, 0.4) is 0 Å². The van der Waals surface area contributed by atoms with Gasteiger partial charge in [0.1, 0.15) is 11.1 Å². The standard InChI is InChI=1S/C21H15FN2O3S/c22-14-8-10-15(11-9-14)24-20(26)18(28-21(24)27)12-19(25)23-17-7-3-5-13-4-1-2-6-16(13)17/h1-11,18H,12H2,(H,23,25). The summed E-state index contributed by atoms with van der Waals surface area (Å²) in [6, 6.07) is 18.3. The number of nitrogens with zero attached hydrogens (tertiary/aromatic N) is 1. The maximum absolute atomic E-state index is 13.1. The molecule has 1 aliphatic heterocycles. The monoisotopic (exact) mass is 394 g/mol. The normalized spacial score (nSPS) is 16.6. The first-order valence-corrected chi connectivity index (χ1v) is 9.48. The topological polar surface area (TPSA) is 66.5 Å². The lowest BCUT2D eigenvalue weighted by atomic mass is 10.1. The molecule has 1 fully saturated rings. The van der Waals surface area contributed by atoms with Crippen molar-refractivity contribution in [1.82, 2.24) is 0 Å². The smallest absolute Gasteiger partial charge is 0.293 e. The molecule has 5 nitrogen and oxygen atoms in total. The average molecular weight is 394 g/mol. The second kappa shape index (κ2) is 7.44. The Hall–Kier alpha value is -3.19. The predicted octanol–water partition coefficient (Wildman–Crippen LogP) is 4.58. The Labute approximate surface area is 164 Å². The van der Waals surface area contributed by atoms with E-state index < -0.39 is 22.2 Å². The Balaban J connectivity index is 1.48. The van der Waals surface area contributed by atoms with Gasteiger partial charge < -0.3 is 5.32 Å². The van der Waals surface area contributed by atoms with Gasteiger partial charge in [-0.15, -0.1) is 0 Å². The number of rotatable bonds is 4. The van der Waals surface area contributed by atoms with Gasteiger partial charge in [0.25, 0.3) is 5.24 Å². The molecule has 28 heavy (non-hydrogen) atoms. The van der Waals surface area contributed by atoms with E-state index in [1.54, 1.807) is 6.07 Å². The van der Waals surface area contributed by atoms with Gasteiger partial charge in [-0.25, -0.2) is 9.29 Å². The highest BCUT2D eigenvalue weighted by Crippen LogP contribution is 2.34. The van der Waals surface area contributed by atoms with Crippen LogP contribution in [0.25, 0.3) is 10.8 Å². The number of hydrogen-bond acceptors (Lipinski definition) is 4. The van der Waals surface area contributed by atoms with E-state index in [0.717, 1.165) is 27.4 Å². The number of benzene rings is 3. The van der Waals surface area contributed by atoms with Gasteiger partial charge in [0.05, 0.1) is 5.69 Å². The number of carbonyl (C=O) groups is 3. The number of thioether (sulfide) groups is 1. The molecule has 1 N–H and O–H groups in total. The number of nitrogens with one attached hydrogen (secondary N) is 1. The molecule has 7 heteroatoms. The minimum atomic E-state index is -0.812. The number of anilines is 2. The van der Waals surface area contributed by atoms with Crippen molar-refractivity contribution >= 4 is 51.0 Å². The number of hydrogen-bond donors (Lipinski definition) is 1. The summed E-state index contributed by atoms with van der Waals surface area (Å²) in [5.41, 5.74) is 0.945. The van der Waals surface area contributed by atoms with Crippen molar-refractivity contribution in [3.05, 3.63) is 72.5 Å². The Morgan fingerprint density at radius 3 is 2.50 bits per heavy atom. The van der Waals surface area contributed by atoms with Gasteiger partial charge >= 0.3 is 0 Å². The molecular weight excluding hydrogens is 379 g/mol. The van der Waals surface area contributed by atoms with Crippen molar-refractivity contribution in [2.45, 2.75) is 11.7 Å². The minimum absolute atomic E-state index is 0.129. The molecular formula is C21H15FN2O3S. The first-order chi connectivity index (χ1) is 13.5. The van der Waals surface area contributed by atoms with E-state index in [2.05, 4.69) is 5.32 Å². The maximum Gasteiger partial charge on any atom is 0.293 e. The Kier molecular flexibility index (Phi) is 4.83. The zero-order valence-corrected chi connectivity index (χ0v) is 15.4. The van der Waals surface area contributed by atoms with Crippen LogP contribution in [0, 0.1) is 5.82 Å². The van der Waals surface area contributed by atoms with Gasteiger partial charge in [-0.05, 0) is 47.5 Å². The number of imide groups is 1. The van der Waals surface area contributed by atoms with E-state index in [0.29, 0.717) is 11.4 Å². The fourth-order valence-corrected chi connectivity index (χ4v) is 4.10. The fourth-order valence-electron chi connectivity index (χ4n) is 3.11. The van der Waals surface area contributed by atoms with Crippen LogP contribution in [0.2, 0.25) is 0 Å². The van der Waals surface area contributed by atoms with Crippen molar-refractivity contribution in [3.8, 4) is 0 Å². The molecule has 1 aliphatic rings. The van der Waals surface area contributed by atoms with E-state index in [4.69, 9.17) is 0 Å². The first kappa shape index (κ1) is 18.2. The van der Waals surface area contributed by atoms with E-state index in [-0.39, 0.29) is 12.3 Å². The highest BCUT2D eigenvalue weighted by atomic mass is 32.2. The summed E-state index contributed by atoms with van der Waals surface area (Å²) >= 11 is 0.806. The van der Waals surface area contributed by atoms with Gasteiger partial charge in [0, 0.05) is 17.5 Å². The maximum atomic E-state index is 13.1. The largest absolute Gasteiger partial charge is 0.325 e. The van der Waals surface area contributed by atoms with Crippen LogP contribution < -0.4 is 10.2 Å². The van der Waals surface area contributed by atoms with Crippen molar-refractivity contribution in [2.75, 3.05) is 10.2 Å². The Bertz CT molecular complexity index is 1080. The second-order valence-corrected chi connectivity index (χ2v) is 7.46. The van der Waals surface area contributed by atoms with Crippen LogP contribution in [0.5, 0.6) is 0 Å². The lowest BCUT2D eigenvalue weighted by Crippen LogP contribution is -2.32. The van der Waals surface area contributed by atoms with E-state index in [9.17, 15) is 18.8 Å². The Morgan fingerprint density at radius 2 is 1.71 bits per heavy atom. The third kappa shape index (κ3) is 3.48. The molecule has 1 unspecified atom stereocenters. The molecule has 3 amide bonds. The van der Waals surface area contributed by atoms with E-state index in [1.165, 1.54) is 24.3 Å². The molecule has 0 spiro atoms. The summed E-state index contributed by atoms with van der Waals surface area (Å²) in [4.78, 5) is 38.3. The van der Waals surface area contributed by atoms with Gasteiger partial charge in [-0.3, -0.25) is 14.4 Å². The number of fused-ring (bicyclic) bond motifs is 1. The van der Waals surface area contributed by atoms with Crippen LogP contribution in [-0.4, -0.2) is 22.3 Å². The quantitative estimate of drug-likeness (QED) is 0.704. The average Bonchev–Trinajstić information content (AvgIpc) is 2.96. The summed E-state index contributed by atoms with van der Waals surface area (Å²) in [5, 5.41) is 3.43. The zero-order valence-electron chi connectivity index (χ0n) is 14.6. The molecule has 4 rings (SSSR count). The third-order valence-electron chi connectivity index (χ3n) is 4.44. The molecule has 1 heterocycles. The lowest BCUT2D eigenvalue weighted by molar-refractivity contribution is -0.121. The summed E-state index contributed by atoms with van der Waals surface area (Å²) < 4.78 is 13.1. The van der Waals surface area contributed by atoms with Gasteiger partial charge in [-0.2, -0.15) is 0 Å². The molecule has 1 saturated heterocycles. The van der Waals surface area contributed by atoms with Crippen molar-refractivity contribution in [1.29, 1.82) is 0 Å². The molecule has 0 saturated carbocycles. The molecule has 0 aliphatic carbocycles. The van der Waals surface area contributed by atoms with Gasteiger partial charge in [0.2, 0.25) is 11.8 Å². The molecule has 140 valence electrons. The second-order valence-electron chi connectivity index (χ2n) is 6.30. The summed E-state index contributed by atoms with van der Waals surface area (Å²) in [7, 11) is 0. The molecule has 3 aromatic rings. The van der Waals surface area contributed by atoms with E-state index >= 15 is 0 Å². The number of carbonyl (C=O) groups excluding carboxylic acids is 3. The van der Waals surface area contributed by atoms with Crippen LogP contribution in [0.15, 0.2) is 66.7 Å². The summed E-state index contributed by atoms with van der Waals surface area (Å²) in [6.07, 6.45) is -0.129. The molecule has 0 aromatic heterocycles. The van der Waals surface area contributed by atoms with Gasteiger partial charge in [-0.1, -0.05) is 36.4 Å². The highest BCUT2D eigenvalue weighted by Gasteiger charge is 2.41. The SMILES string of the molecule is O=C(CC1SC(=O)N(c2ccc(F)cc2)C1=O)Nc1cccc2ccccc12. The van der Waals surface area contributed by atoms with Crippen molar-refractivity contribution in [2.24, 2.45) is 0 Å². The van der Waals surface area contributed by atoms with Crippen LogP contribution >= 0.6 is 11.8 Å². The van der Waals surface area contributed by atoms with Crippen LogP contribution in [0.4, 0.5) is 20.6 Å². The molecule has 3 aromatic carbocycles. The minimum Gasteiger partial charge on any atom is -0.325 e. The van der Waals surface area contributed by atoms with Gasteiger partial charge in [0.15, 0.2) is 0 Å². The number of halogens is 1. The van der Waals surface area contributed by atoms with Crippen molar-refractivity contribution < 1.29 is 18.8 Å². The first-order valence-electron chi connectivity index (χ1n) is 8.61. The zero-order chi connectivity index (χ0) is 19.7. The molecule has 0 bridgehead atoms. The molecule has 1 atom stereocenters. The van der Waals surface area contributed by atoms with E-state index in [1.807, 2.05) is 36.4 Å². The van der Waals surface area contributed by atoms with Crippen LogP contribution in [0.1, 0.15) is 6.42 Å². The summed E-state index contributed by atoms with van der Waals surface area (Å²) in [6.45, 7) is 0. The highest BCUT2D eigenvalue weighted by molar-refractivity contribution is 8.15. The predicted molar refractivity (Wildman–Crippen MR) is 108 cm³/mol. The van der Waals surface area contributed by atoms with Crippen molar-refractivity contribution in [3.63, 3.8) is 0 Å². The Morgan fingerprint density at radius 1 is 1.00 bits per heavy atom. The molecule has 0 radical (unpaired) electrons. The number of amides is 3. The summed E-state index contributed by atoms with van der Waals surface area (Å²) in [5.74, 6) is -1.29. The lowest BCUT2D eigenvalue weighted by Gasteiger charge is -2.14. The third-order valence-corrected chi connectivity index (χ3v) is 5.48. The van der Waals surface area contributed by atoms with Crippen LogP contribution in [-0.2, 0) is 9.59 Å². The fraction of sp³-hybridized carbons (Fsp3) is 0.0952.